The fourth-order valence-electron chi connectivity index (χ4n) is 5.02. The van der Waals surface area contributed by atoms with Crippen LogP contribution in [0.2, 0.25) is 0 Å². The average Bonchev–Trinajstić information content (AvgIpc) is 3.39. The molecule has 6 rings (SSSR count). The molecule has 1 unspecified atom stereocenters. The van der Waals surface area contributed by atoms with Crippen molar-refractivity contribution in [2.75, 3.05) is 25.1 Å². The number of aryl methyl sites for hydroxylation is 1. The molecule has 4 aliphatic rings. The number of phosphoric ester groups is 1. The molecule has 38 heavy (non-hydrogen) atoms. The van der Waals surface area contributed by atoms with Crippen LogP contribution in [-0.2, 0) is 43.1 Å². The smallest absolute Gasteiger partial charge is 0.387 e. The number of phosphoric acid groups is 1. The second-order valence-corrected chi connectivity index (χ2v) is 14.8. The van der Waals surface area contributed by atoms with Crippen molar-refractivity contribution in [1.82, 2.24) is 14.5 Å². The van der Waals surface area contributed by atoms with Crippen LogP contribution in [0.5, 0.6) is 0 Å². The molecule has 2 aromatic rings. The predicted octanol–water partition coefficient (Wildman–Crippen LogP) is 1.52. The zero-order valence-corrected chi connectivity index (χ0v) is 24.3. The number of ether oxygens (including phenoxy) is 2. The van der Waals surface area contributed by atoms with Gasteiger partial charge in [-0.3, -0.25) is 18.1 Å². The summed E-state index contributed by atoms with van der Waals surface area (Å²) in [6.45, 7) is -4.41. The third-order valence-electron chi connectivity index (χ3n) is 6.78. The number of nitrogens with zero attached hydrogens (tertiary/aromatic N) is 3. The molecule has 2 bridgehead atoms. The van der Waals surface area contributed by atoms with Gasteiger partial charge in [-0.05, 0) is 41.0 Å². The third-order valence-corrected chi connectivity index (χ3v) is 10.4. The van der Waals surface area contributed by atoms with Crippen LogP contribution in [0.4, 0.5) is 5.82 Å². The van der Waals surface area contributed by atoms with Crippen LogP contribution in [0.15, 0.2) is 12.5 Å². The van der Waals surface area contributed by atoms with E-state index >= 15 is 0 Å². The van der Waals surface area contributed by atoms with Gasteiger partial charge in [-0.25, -0.2) is 19.1 Å². The molecule has 0 aliphatic carbocycles. The van der Waals surface area contributed by atoms with Crippen LogP contribution in [0.3, 0.4) is 0 Å². The van der Waals surface area contributed by atoms with E-state index in [0.29, 0.717) is 11.5 Å². The lowest BCUT2D eigenvalue weighted by Gasteiger charge is -2.25. The molecule has 6 heterocycles. The van der Waals surface area contributed by atoms with Gasteiger partial charge in [0, 0.05) is 12.7 Å². The van der Waals surface area contributed by atoms with Crippen LogP contribution in [0.1, 0.15) is 18.2 Å². The van der Waals surface area contributed by atoms with Gasteiger partial charge in [0.2, 0.25) is 0 Å². The van der Waals surface area contributed by atoms with Crippen LogP contribution < -0.4 is 5.32 Å². The summed E-state index contributed by atoms with van der Waals surface area (Å²) < 4.78 is 59.6. The minimum atomic E-state index is -4.74. The van der Waals surface area contributed by atoms with E-state index in [-0.39, 0.29) is 0 Å². The van der Waals surface area contributed by atoms with Crippen LogP contribution in [0, 0.1) is 0 Å². The summed E-state index contributed by atoms with van der Waals surface area (Å²) in [4.78, 5) is 19.0. The minimum Gasteiger partial charge on any atom is -0.387 e. The number of fused-ring (bicyclic) bond motifs is 3. The SMILES string of the molecule is O=P1(O)OC[C@H]2O[C@@H](n3cc4c5c(ncnc53)NCCC4)[C@H](O)[C@@H]2O[P@](=O)(S)OC[C@H]2O[C@@H](I)[C@H](O1)[C@@H]2O. The van der Waals surface area contributed by atoms with Crippen LogP contribution in [0.25, 0.3) is 11.0 Å². The molecule has 3 saturated heterocycles. The maximum Gasteiger partial charge on any atom is 0.472 e. The molecule has 4 aliphatic heterocycles. The lowest BCUT2D eigenvalue weighted by molar-refractivity contribution is -0.0531. The number of aliphatic hydroxyl groups is 2. The first-order valence-corrected chi connectivity index (χ1v) is 17.2. The molecule has 210 valence electrons. The highest BCUT2D eigenvalue weighted by molar-refractivity contribution is 14.1. The fourth-order valence-corrected chi connectivity index (χ4v) is 8.63. The van der Waals surface area contributed by atoms with Gasteiger partial charge in [-0.2, -0.15) is 0 Å². The summed E-state index contributed by atoms with van der Waals surface area (Å²) in [6.07, 6.45) is -3.94. The second-order valence-electron chi connectivity index (χ2n) is 9.25. The molecule has 2 aromatic heterocycles. The van der Waals surface area contributed by atoms with E-state index in [0.717, 1.165) is 30.3 Å². The van der Waals surface area contributed by atoms with E-state index in [1.807, 2.05) is 0 Å². The summed E-state index contributed by atoms with van der Waals surface area (Å²) >= 11 is 5.82. The highest BCUT2D eigenvalue weighted by atomic mass is 127. The molecule has 0 aromatic carbocycles. The Labute approximate surface area is 234 Å². The summed E-state index contributed by atoms with van der Waals surface area (Å²) in [5, 5.41) is 25.8. The largest absolute Gasteiger partial charge is 0.472 e. The number of anilines is 1. The van der Waals surface area contributed by atoms with Crippen molar-refractivity contribution in [3.63, 3.8) is 0 Å². The van der Waals surface area contributed by atoms with Crippen molar-refractivity contribution in [2.45, 2.75) is 59.8 Å². The van der Waals surface area contributed by atoms with E-state index < -0.39 is 74.8 Å². The number of thiol groups is 1. The number of hydrogen-bond acceptors (Lipinski definition) is 13. The number of rotatable bonds is 1. The first-order chi connectivity index (χ1) is 18.0. The summed E-state index contributed by atoms with van der Waals surface area (Å²) in [5.74, 6) is 0.662. The Bertz CT molecular complexity index is 1320. The van der Waals surface area contributed by atoms with Gasteiger partial charge in [-0.1, -0.05) is 12.2 Å². The lowest BCUT2D eigenvalue weighted by atomic mass is 10.1. The molecule has 15 nitrogen and oxygen atoms in total. The van der Waals surface area contributed by atoms with Crippen LogP contribution in [-0.4, -0.2) is 90.1 Å². The normalized spacial score (nSPS) is 43.9. The number of alkyl halides is 1. The molecular formula is C19H25IN4O11P2S. The highest BCUT2D eigenvalue weighted by Gasteiger charge is 2.52. The summed E-state index contributed by atoms with van der Waals surface area (Å²) in [6, 6.07) is 0. The molecule has 0 saturated carbocycles. The Morgan fingerprint density at radius 3 is 2.68 bits per heavy atom. The van der Waals surface area contributed by atoms with E-state index in [9.17, 15) is 24.2 Å². The molecule has 0 spiro atoms. The van der Waals surface area contributed by atoms with Crippen molar-refractivity contribution in [2.24, 2.45) is 0 Å². The molecule has 19 heteroatoms. The lowest BCUT2D eigenvalue weighted by Crippen LogP contribution is -2.36. The quantitative estimate of drug-likeness (QED) is 0.124. The Morgan fingerprint density at radius 1 is 1.08 bits per heavy atom. The number of aliphatic hydroxyl groups excluding tert-OH is 2. The second kappa shape index (κ2) is 10.5. The third kappa shape index (κ3) is 5.19. The van der Waals surface area contributed by atoms with Gasteiger partial charge in [0.25, 0.3) is 0 Å². The van der Waals surface area contributed by atoms with Gasteiger partial charge < -0.3 is 34.5 Å². The zero-order chi connectivity index (χ0) is 26.8. The van der Waals surface area contributed by atoms with Crippen LogP contribution >= 0.6 is 49.5 Å². The highest BCUT2D eigenvalue weighted by Crippen LogP contribution is 2.58. The van der Waals surface area contributed by atoms with Gasteiger partial charge in [0.05, 0.1) is 18.6 Å². The monoisotopic (exact) mass is 706 g/mol. The summed E-state index contributed by atoms with van der Waals surface area (Å²) in [5.41, 5.74) is 1.45. The first kappa shape index (κ1) is 27.8. The predicted molar refractivity (Wildman–Crippen MR) is 141 cm³/mol. The van der Waals surface area contributed by atoms with E-state index in [4.69, 9.17) is 27.6 Å². The van der Waals surface area contributed by atoms with Crippen molar-refractivity contribution >= 4 is 66.3 Å². The molecular weight excluding hydrogens is 681 g/mol. The van der Waals surface area contributed by atoms with Gasteiger partial charge in [-0.15, -0.1) is 0 Å². The number of nitrogens with one attached hydrogen (secondary N) is 1. The number of halogens is 1. The van der Waals surface area contributed by atoms with Crippen molar-refractivity contribution in [3.05, 3.63) is 18.1 Å². The molecule has 4 N–H and O–H groups in total. The maximum absolute atomic E-state index is 13.1. The van der Waals surface area contributed by atoms with Crippen molar-refractivity contribution < 1.29 is 51.8 Å². The topological polar surface area (TPSA) is 193 Å². The first-order valence-electron chi connectivity index (χ1n) is 11.7. The van der Waals surface area contributed by atoms with E-state index in [1.54, 1.807) is 33.4 Å². The minimum absolute atomic E-state index is 0.423. The Morgan fingerprint density at radius 2 is 1.87 bits per heavy atom. The fraction of sp³-hybridized carbons (Fsp3) is 0.684. The molecule has 3 fully saturated rings. The standard InChI is InChI=1S/C19H25IN4O11P2S/c20-16-15-12(25)9(32-16)5-31-37(29,38)35-14-10(6-30-36(27,28)34-15)33-19(13(14)26)24-4-8-2-1-3-21-17-11(8)18(24)23-7-22-17/h4,7,9-10,12-16,19,25-26H,1-3,5-6H2,(H,27,28)(H,29,38)(H,21,22,23)/t9-,10-,12-,13-,14-,15-,16-,19-,37-/m1/s1. The summed E-state index contributed by atoms with van der Waals surface area (Å²) in [7, 11) is -4.74. The molecule has 0 amide bonds. The van der Waals surface area contributed by atoms with Gasteiger partial charge >= 0.3 is 14.6 Å². The Kier molecular flexibility index (Phi) is 7.64. The van der Waals surface area contributed by atoms with Gasteiger partial charge in [0.1, 0.15) is 58.5 Å². The average molecular weight is 706 g/mol. The molecule has 0 radical (unpaired) electrons. The van der Waals surface area contributed by atoms with E-state index in [2.05, 4.69) is 27.5 Å². The maximum atomic E-state index is 13.1. The van der Waals surface area contributed by atoms with Crippen molar-refractivity contribution in [3.8, 4) is 0 Å². The number of aromatic nitrogens is 3. The Balaban J connectivity index is 1.33. The zero-order valence-electron chi connectivity index (χ0n) is 19.5. The van der Waals surface area contributed by atoms with Gasteiger partial charge in [0.15, 0.2) is 6.23 Å². The van der Waals surface area contributed by atoms with E-state index in [1.165, 1.54) is 6.33 Å². The molecule has 10 atom stereocenters. The van der Waals surface area contributed by atoms with Crippen molar-refractivity contribution in [1.29, 1.82) is 0 Å². The Hall–Kier alpha value is -0.400. The number of hydrogen-bond donors (Lipinski definition) is 5.